The Labute approximate surface area is 121 Å². The number of halogens is 1. The third-order valence-electron chi connectivity index (χ3n) is 3.74. The quantitative estimate of drug-likeness (QED) is 0.944. The zero-order valence-electron chi connectivity index (χ0n) is 11.1. The van der Waals surface area contributed by atoms with Gasteiger partial charge in [-0.1, -0.05) is 11.6 Å². The second-order valence-electron chi connectivity index (χ2n) is 5.14. The monoisotopic (exact) mass is 296 g/mol. The van der Waals surface area contributed by atoms with Crippen LogP contribution in [0.1, 0.15) is 39.2 Å². The van der Waals surface area contributed by atoms with Crippen LogP contribution < -0.4 is 0 Å². The number of aliphatic hydroxyl groups is 1. The van der Waals surface area contributed by atoms with Gasteiger partial charge in [-0.3, -0.25) is 4.68 Å². The van der Waals surface area contributed by atoms with Crippen LogP contribution in [0.15, 0.2) is 6.07 Å². The zero-order chi connectivity index (χ0) is 13.6. The summed E-state index contributed by atoms with van der Waals surface area (Å²) in [4.78, 5) is 2.50. The van der Waals surface area contributed by atoms with Gasteiger partial charge in [-0.05, 0) is 37.8 Å². The fraction of sp³-hybridized carbons (Fsp3) is 0.500. The fourth-order valence-corrected chi connectivity index (χ4v) is 4.18. The predicted molar refractivity (Wildman–Crippen MR) is 78.0 cm³/mol. The molecule has 2 heterocycles. The molecule has 1 aliphatic rings. The van der Waals surface area contributed by atoms with Crippen LogP contribution in [0, 0.1) is 6.92 Å². The Morgan fingerprint density at radius 3 is 2.95 bits per heavy atom. The van der Waals surface area contributed by atoms with E-state index in [0.717, 1.165) is 29.1 Å². The number of rotatable bonds is 3. The summed E-state index contributed by atoms with van der Waals surface area (Å²) in [6, 6.07) is 2.16. The van der Waals surface area contributed by atoms with E-state index in [1.807, 2.05) is 14.0 Å². The van der Waals surface area contributed by atoms with Gasteiger partial charge in [-0.2, -0.15) is 5.10 Å². The highest BCUT2D eigenvalue weighted by molar-refractivity contribution is 7.12. The highest BCUT2D eigenvalue weighted by atomic mass is 35.5. The van der Waals surface area contributed by atoms with Gasteiger partial charge in [0, 0.05) is 23.2 Å². The molecule has 0 aromatic carbocycles. The molecule has 1 atom stereocenters. The number of hydrogen-bond donors (Lipinski definition) is 1. The summed E-state index contributed by atoms with van der Waals surface area (Å²) in [5, 5.41) is 15.4. The lowest BCUT2D eigenvalue weighted by Gasteiger charge is -2.09. The van der Waals surface area contributed by atoms with Gasteiger partial charge in [0.2, 0.25) is 0 Å². The molecule has 0 saturated carbocycles. The first kappa shape index (κ1) is 13.2. The largest absolute Gasteiger partial charge is 0.387 e. The maximum atomic E-state index is 10.4. The van der Waals surface area contributed by atoms with Crippen LogP contribution >= 0.6 is 22.9 Å². The molecule has 3 nitrogen and oxygen atoms in total. The highest BCUT2D eigenvalue weighted by Gasteiger charge is 2.21. The van der Waals surface area contributed by atoms with Crippen molar-refractivity contribution in [3.8, 4) is 0 Å². The second kappa shape index (κ2) is 4.93. The summed E-state index contributed by atoms with van der Waals surface area (Å²) in [7, 11) is 1.87. The predicted octanol–water partition coefficient (Wildman–Crippen LogP) is 3.21. The molecule has 1 N–H and O–H groups in total. The first-order valence-electron chi connectivity index (χ1n) is 6.53. The maximum absolute atomic E-state index is 10.4. The minimum Gasteiger partial charge on any atom is -0.387 e. The van der Waals surface area contributed by atoms with Crippen LogP contribution in [0.4, 0.5) is 0 Å². The van der Waals surface area contributed by atoms with Crippen molar-refractivity contribution in [2.75, 3.05) is 0 Å². The van der Waals surface area contributed by atoms with Crippen LogP contribution in [0.5, 0.6) is 0 Å². The van der Waals surface area contributed by atoms with Crippen LogP contribution in [-0.4, -0.2) is 14.9 Å². The van der Waals surface area contributed by atoms with Crippen LogP contribution in [0.3, 0.4) is 0 Å². The van der Waals surface area contributed by atoms with E-state index in [2.05, 4.69) is 11.2 Å². The first-order chi connectivity index (χ1) is 9.06. The van der Waals surface area contributed by atoms with Crippen molar-refractivity contribution < 1.29 is 5.11 Å². The van der Waals surface area contributed by atoms with Crippen molar-refractivity contribution >= 4 is 22.9 Å². The standard InChI is InChI=1S/C14H17ClN2OS/c1-8-14(15)10(17(2)16-8)7-11(18)13-6-9-4-3-5-12(9)19-13/h6,11,18H,3-5,7H2,1-2H3. The van der Waals surface area contributed by atoms with E-state index >= 15 is 0 Å². The molecule has 102 valence electrons. The average molecular weight is 297 g/mol. The Kier molecular flexibility index (Phi) is 3.41. The van der Waals surface area contributed by atoms with Gasteiger partial charge in [0.05, 0.1) is 22.5 Å². The molecule has 19 heavy (non-hydrogen) atoms. The summed E-state index contributed by atoms with van der Waals surface area (Å²) in [6.45, 7) is 1.89. The van der Waals surface area contributed by atoms with E-state index in [1.54, 1.807) is 16.0 Å². The van der Waals surface area contributed by atoms with Gasteiger partial charge < -0.3 is 5.11 Å². The molecular formula is C14H17ClN2OS. The lowest BCUT2D eigenvalue weighted by molar-refractivity contribution is 0.179. The molecule has 3 rings (SSSR count). The molecule has 0 saturated heterocycles. The van der Waals surface area contributed by atoms with Crippen LogP contribution in [0.2, 0.25) is 5.02 Å². The van der Waals surface area contributed by atoms with Gasteiger partial charge >= 0.3 is 0 Å². The minimum absolute atomic E-state index is 0.483. The molecule has 0 amide bonds. The van der Waals surface area contributed by atoms with Gasteiger partial charge in [0.25, 0.3) is 0 Å². The maximum Gasteiger partial charge on any atom is 0.0937 e. The second-order valence-corrected chi connectivity index (χ2v) is 6.69. The van der Waals surface area contributed by atoms with Crippen molar-refractivity contribution in [2.24, 2.45) is 7.05 Å². The first-order valence-corrected chi connectivity index (χ1v) is 7.73. The van der Waals surface area contributed by atoms with E-state index in [4.69, 9.17) is 11.6 Å². The Balaban J connectivity index is 1.82. The zero-order valence-corrected chi connectivity index (χ0v) is 12.7. The summed E-state index contributed by atoms with van der Waals surface area (Å²) in [5.41, 5.74) is 3.15. The third-order valence-corrected chi connectivity index (χ3v) is 5.57. The van der Waals surface area contributed by atoms with Crippen molar-refractivity contribution in [1.29, 1.82) is 0 Å². The Morgan fingerprint density at radius 1 is 1.53 bits per heavy atom. The Bertz CT molecular complexity index is 596. The summed E-state index contributed by atoms with van der Waals surface area (Å²) in [5.74, 6) is 0. The molecule has 2 aromatic rings. The number of aliphatic hydroxyl groups excluding tert-OH is 1. The van der Waals surface area contributed by atoms with Gasteiger partial charge in [0.1, 0.15) is 0 Å². The summed E-state index contributed by atoms with van der Waals surface area (Å²) < 4.78 is 1.77. The fourth-order valence-electron chi connectivity index (χ4n) is 2.70. The molecule has 0 aliphatic heterocycles. The number of thiophene rings is 1. The number of nitrogens with zero attached hydrogens (tertiary/aromatic N) is 2. The number of aromatic nitrogens is 2. The van der Waals surface area contributed by atoms with Crippen molar-refractivity contribution in [1.82, 2.24) is 9.78 Å². The van der Waals surface area contributed by atoms with Crippen LogP contribution in [-0.2, 0) is 26.3 Å². The topological polar surface area (TPSA) is 38.0 Å². The van der Waals surface area contributed by atoms with E-state index < -0.39 is 6.10 Å². The lowest BCUT2D eigenvalue weighted by atomic mass is 10.1. The molecule has 0 fully saturated rings. The third kappa shape index (κ3) is 2.33. The van der Waals surface area contributed by atoms with Gasteiger partial charge in [-0.25, -0.2) is 0 Å². The van der Waals surface area contributed by atoms with E-state index in [-0.39, 0.29) is 0 Å². The van der Waals surface area contributed by atoms with Crippen LogP contribution in [0.25, 0.3) is 0 Å². The molecule has 0 radical (unpaired) electrons. The summed E-state index contributed by atoms with van der Waals surface area (Å²) in [6.07, 6.45) is 3.62. The molecule has 2 aromatic heterocycles. The molecule has 1 aliphatic carbocycles. The number of fused-ring (bicyclic) bond motifs is 1. The molecule has 1 unspecified atom stereocenters. The molecule has 5 heteroatoms. The lowest BCUT2D eigenvalue weighted by Crippen LogP contribution is -2.05. The minimum atomic E-state index is -0.483. The normalized spacial score (nSPS) is 15.8. The van der Waals surface area contributed by atoms with Gasteiger partial charge in [0.15, 0.2) is 0 Å². The molecular weight excluding hydrogens is 280 g/mol. The van der Waals surface area contributed by atoms with Crippen molar-refractivity contribution in [2.45, 2.75) is 38.7 Å². The Morgan fingerprint density at radius 2 is 2.32 bits per heavy atom. The van der Waals surface area contributed by atoms with Gasteiger partial charge in [-0.15, -0.1) is 11.3 Å². The van der Waals surface area contributed by atoms with E-state index in [1.165, 1.54) is 16.9 Å². The Hall–Kier alpha value is -0.840. The highest BCUT2D eigenvalue weighted by Crippen LogP contribution is 2.35. The molecule has 0 spiro atoms. The number of hydrogen-bond acceptors (Lipinski definition) is 3. The average Bonchev–Trinajstić information content (AvgIpc) is 2.99. The smallest absolute Gasteiger partial charge is 0.0937 e. The van der Waals surface area contributed by atoms with E-state index in [9.17, 15) is 5.11 Å². The van der Waals surface area contributed by atoms with Crippen molar-refractivity contribution in [3.05, 3.63) is 37.8 Å². The van der Waals surface area contributed by atoms with E-state index in [0.29, 0.717) is 11.4 Å². The SMILES string of the molecule is Cc1nn(C)c(CC(O)c2cc3c(s2)CCC3)c1Cl. The number of aryl methyl sites for hydroxylation is 4. The molecule has 0 bridgehead atoms. The van der Waals surface area contributed by atoms with Crippen molar-refractivity contribution in [3.63, 3.8) is 0 Å². The summed E-state index contributed by atoms with van der Waals surface area (Å²) >= 11 is 7.97.